The fraction of sp³-hybridized carbons (Fsp3) is 0.300. The molecule has 0 atom stereocenters. The highest BCUT2D eigenvalue weighted by Gasteiger charge is 2.28. The van der Waals surface area contributed by atoms with Crippen molar-refractivity contribution in [3.8, 4) is 5.75 Å². The van der Waals surface area contributed by atoms with Gasteiger partial charge in [-0.1, -0.05) is 5.16 Å². The summed E-state index contributed by atoms with van der Waals surface area (Å²) in [5.74, 6) is 0.322. The highest BCUT2D eigenvalue weighted by Crippen LogP contribution is 2.40. The molecule has 1 fully saturated rings. The number of ether oxygens (including phenoxy) is 1. The maximum Gasteiger partial charge on any atom is 0.259 e. The molecule has 0 bridgehead atoms. The zero-order valence-electron chi connectivity index (χ0n) is 15.8. The van der Waals surface area contributed by atoms with Gasteiger partial charge < -0.3 is 19.9 Å². The minimum Gasteiger partial charge on any atom is -0.495 e. The molecule has 1 saturated carbocycles. The number of rotatable bonds is 5. The second-order valence-corrected chi connectivity index (χ2v) is 6.87. The maximum atomic E-state index is 13.1. The van der Waals surface area contributed by atoms with E-state index in [1.165, 1.54) is 14.0 Å². The molecule has 0 radical (unpaired) electrons. The Kier molecular flexibility index (Phi) is 4.46. The quantitative estimate of drug-likeness (QED) is 0.700. The van der Waals surface area contributed by atoms with E-state index in [1.54, 1.807) is 25.1 Å². The summed E-state index contributed by atoms with van der Waals surface area (Å²) >= 11 is 0. The van der Waals surface area contributed by atoms with Crippen molar-refractivity contribution in [2.75, 3.05) is 17.7 Å². The monoisotopic (exact) mass is 380 g/mol. The predicted octanol–water partition coefficient (Wildman–Crippen LogP) is 3.63. The first kappa shape index (κ1) is 18.0. The van der Waals surface area contributed by atoms with Crippen molar-refractivity contribution < 1.29 is 18.8 Å². The van der Waals surface area contributed by atoms with Crippen LogP contribution in [-0.2, 0) is 4.79 Å². The Labute approximate surface area is 161 Å². The number of carbonyl (C=O) groups excluding carboxylic acids is 2. The summed E-state index contributed by atoms with van der Waals surface area (Å²) in [5, 5.41) is 10.1. The molecule has 3 aromatic rings. The molecule has 0 saturated heterocycles. The molecule has 28 heavy (non-hydrogen) atoms. The van der Waals surface area contributed by atoms with Crippen molar-refractivity contribution in [3.63, 3.8) is 0 Å². The zero-order valence-corrected chi connectivity index (χ0v) is 15.8. The number of anilines is 2. The van der Waals surface area contributed by atoms with E-state index in [4.69, 9.17) is 9.26 Å². The van der Waals surface area contributed by atoms with Crippen molar-refractivity contribution >= 4 is 34.3 Å². The number of carbonyl (C=O) groups is 2. The Bertz CT molecular complexity index is 1090. The van der Waals surface area contributed by atoms with Gasteiger partial charge in [-0.05, 0) is 44.0 Å². The molecular formula is C20H20N4O4. The summed E-state index contributed by atoms with van der Waals surface area (Å²) in [4.78, 5) is 29.0. The molecule has 1 aliphatic rings. The second kappa shape index (κ2) is 6.95. The molecule has 1 aromatic carbocycles. The summed E-state index contributed by atoms with van der Waals surface area (Å²) in [6.45, 7) is 3.20. The molecule has 8 heteroatoms. The van der Waals surface area contributed by atoms with Crippen LogP contribution in [0.4, 0.5) is 11.4 Å². The summed E-state index contributed by atoms with van der Waals surface area (Å²) in [7, 11) is 1.52. The van der Waals surface area contributed by atoms with E-state index in [9.17, 15) is 9.59 Å². The van der Waals surface area contributed by atoms with Gasteiger partial charge in [0, 0.05) is 24.2 Å². The van der Waals surface area contributed by atoms with Gasteiger partial charge in [-0.3, -0.25) is 9.59 Å². The normalized spacial score (nSPS) is 13.4. The van der Waals surface area contributed by atoms with Crippen LogP contribution in [0.3, 0.4) is 0 Å². The highest BCUT2D eigenvalue weighted by atomic mass is 16.5. The molecule has 8 nitrogen and oxygen atoms in total. The molecule has 4 rings (SSSR count). The zero-order chi connectivity index (χ0) is 19.8. The number of benzene rings is 1. The van der Waals surface area contributed by atoms with E-state index < -0.39 is 0 Å². The van der Waals surface area contributed by atoms with E-state index in [0.29, 0.717) is 45.4 Å². The lowest BCUT2D eigenvalue weighted by atomic mass is 10.1. The molecule has 0 unspecified atom stereocenters. The molecular weight excluding hydrogens is 360 g/mol. The summed E-state index contributed by atoms with van der Waals surface area (Å²) in [5.41, 5.74) is 3.28. The molecule has 2 aromatic heterocycles. The number of amides is 2. The average Bonchev–Trinajstić information content (AvgIpc) is 3.44. The molecule has 2 N–H and O–H groups in total. The fourth-order valence-corrected chi connectivity index (χ4v) is 3.16. The highest BCUT2D eigenvalue weighted by molar-refractivity contribution is 6.13. The number of nitrogens with one attached hydrogen (secondary N) is 2. The van der Waals surface area contributed by atoms with Gasteiger partial charge in [-0.25, -0.2) is 4.98 Å². The smallest absolute Gasteiger partial charge is 0.259 e. The number of methoxy groups -OCH3 is 1. The Morgan fingerprint density at radius 2 is 2.00 bits per heavy atom. The van der Waals surface area contributed by atoms with Crippen LogP contribution in [0.25, 0.3) is 11.1 Å². The third kappa shape index (κ3) is 3.40. The number of pyridine rings is 1. The number of nitrogens with zero attached hydrogens (tertiary/aromatic N) is 2. The molecule has 2 amide bonds. The second-order valence-electron chi connectivity index (χ2n) is 6.87. The van der Waals surface area contributed by atoms with E-state index >= 15 is 0 Å². The van der Waals surface area contributed by atoms with Crippen molar-refractivity contribution in [2.24, 2.45) is 0 Å². The Balaban J connectivity index is 1.72. The van der Waals surface area contributed by atoms with Crippen LogP contribution in [0.15, 0.2) is 28.8 Å². The molecule has 0 aliphatic heterocycles. The number of aromatic nitrogens is 2. The van der Waals surface area contributed by atoms with Crippen LogP contribution in [-0.4, -0.2) is 29.1 Å². The average molecular weight is 380 g/mol. The fourth-order valence-electron chi connectivity index (χ4n) is 3.16. The van der Waals surface area contributed by atoms with E-state index in [-0.39, 0.29) is 11.8 Å². The van der Waals surface area contributed by atoms with Crippen LogP contribution in [0.5, 0.6) is 5.75 Å². The Morgan fingerprint density at radius 3 is 2.68 bits per heavy atom. The van der Waals surface area contributed by atoms with Crippen LogP contribution in [0, 0.1) is 6.92 Å². The van der Waals surface area contributed by atoms with Crippen molar-refractivity contribution in [3.05, 3.63) is 41.2 Å². The molecule has 144 valence electrons. The van der Waals surface area contributed by atoms with Crippen molar-refractivity contribution in [1.82, 2.24) is 10.1 Å². The maximum absolute atomic E-state index is 13.1. The van der Waals surface area contributed by atoms with Crippen molar-refractivity contribution in [1.29, 1.82) is 0 Å². The topological polar surface area (TPSA) is 106 Å². The van der Waals surface area contributed by atoms with Gasteiger partial charge in [-0.15, -0.1) is 0 Å². The lowest BCUT2D eigenvalue weighted by molar-refractivity contribution is -0.114. The minimum atomic E-state index is -0.320. The third-order valence-corrected chi connectivity index (χ3v) is 4.65. The van der Waals surface area contributed by atoms with E-state index in [0.717, 1.165) is 18.5 Å². The largest absolute Gasteiger partial charge is 0.495 e. The van der Waals surface area contributed by atoms with Crippen LogP contribution in [0.2, 0.25) is 0 Å². The van der Waals surface area contributed by atoms with E-state index in [1.807, 2.05) is 6.07 Å². The number of hydrogen-bond donors (Lipinski definition) is 2. The molecule has 2 heterocycles. The van der Waals surface area contributed by atoms with E-state index in [2.05, 4.69) is 20.8 Å². The SMILES string of the molecule is COc1ccc(NC(C)=O)cc1NC(=O)c1cc(C2CC2)nc2onc(C)c12. The number of hydrogen-bond acceptors (Lipinski definition) is 6. The lowest BCUT2D eigenvalue weighted by Gasteiger charge is -2.13. The van der Waals surface area contributed by atoms with Crippen molar-refractivity contribution in [2.45, 2.75) is 32.6 Å². The summed E-state index contributed by atoms with van der Waals surface area (Å²) < 4.78 is 10.6. The number of fused-ring (bicyclic) bond motifs is 1. The van der Waals surface area contributed by atoms with Crippen LogP contribution >= 0.6 is 0 Å². The molecule has 0 spiro atoms. The van der Waals surface area contributed by atoms with Gasteiger partial charge in [0.2, 0.25) is 5.91 Å². The van der Waals surface area contributed by atoms with Crippen LogP contribution in [0.1, 0.15) is 47.4 Å². The first-order valence-electron chi connectivity index (χ1n) is 9.00. The Hall–Kier alpha value is -3.42. The van der Waals surface area contributed by atoms with Gasteiger partial charge in [0.05, 0.1) is 29.4 Å². The van der Waals surface area contributed by atoms with Gasteiger partial charge in [-0.2, -0.15) is 0 Å². The third-order valence-electron chi connectivity index (χ3n) is 4.65. The first-order valence-corrected chi connectivity index (χ1v) is 9.00. The standard InChI is InChI=1S/C20H20N4O4/c1-10-18-14(9-15(12-4-5-12)23-20(18)28-24-10)19(26)22-16-8-13(21-11(2)25)6-7-17(16)27-3/h6-9,12H,4-5H2,1-3H3,(H,21,25)(H,22,26). The first-order chi connectivity index (χ1) is 13.5. The Morgan fingerprint density at radius 1 is 1.21 bits per heavy atom. The summed E-state index contributed by atoms with van der Waals surface area (Å²) in [6.07, 6.45) is 2.11. The summed E-state index contributed by atoms with van der Waals surface area (Å²) in [6, 6.07) is 6.85. The van der Waals surface area contributed by atoms with Gasteiger partial charge in [0.1, 0.15) is 5.75 Å². The minimum absolute atomic E-state index is 0.201. The van der Waals surface area contributed by atoms with Gasteiger partial charge >= 0.3 is 0 Å². The number of aryl methyl sites for hydroxylation is 1. The predicted molar refractivity (Wildman–Crippen MR) is 104 cm³/mol. The lowest BCUT2D eigenvalue weighted by Crippen LogP contribution is -2.15. The van der Waals surface area contributed by atoms with Gasteiger partial charge in [0.25, 0.3) is 11.6 Å². The molecule has 1 aliphatic carbocycles. The van der Waals surface area contributed by atoms with Crippen LogP contribution < -0.4 is 15.4 Å². The van der Waals surface area contributed by atoms with Gasteiger partial charge in [0.15, 0.2) is 0 Å².